The van der Waals surface area contributed by atoms with Gasteiger partial charge in [-0.1, -0.05) is 15.9 Å². The highest BCUT2D eigenvalue weighted by Crippen LogP contribution is 2.27. The summed E-state index contributed by atoms with van der Waals surface area (Å²) in [6.45, 7) is 0. The van der Waals surface area contributed by atoms with Crippen LogP contribution in [0.15, 0.2) is 27.4 Å². The van der Waals surface area contributed by atoms with Crippen molar-refractivity contribution in [2.24, 2.45) is 5.73 Å². The summed E-state index contributed by atoms with van der Waals surface area (Å²) in [4.78, 5) is 14.7. The molecule has 0 bridgehead atoms. The van der Waals surface area contributed by atoms with Gasteiger partial charge in [0.15, 0.2) is 12.0 Å². The summed E-state index contributed by atoms with van der Waals surface area (Å²) < 4.78 is 5.67. The molecule has 2 rings (SSSR count). The Labute approximate surface area is 93.0 Å². The lowest BCUT2D eigenvalue weighted by atomic mass is 10.1. The molecular weight excluding hydrogens is 264 g/mol. The molecule has 0 aliphatic carbocycles. The normalized spacial score (nSPS) is 12.9. The lowest BCUT2D eigenvalue weighted by molar-refractivity contribution is -0.138. The summed E-state index contributed by atoms with van der Waals surface area (Å²) in [6, 6.07) is 2.18. The van der Waals surface area contributed by atoms with Gasteiger partial charge in [0.05, 0.1) is 0 Å². The zero-order valence-corrected chi connectivity index (χ0v) is 9.06. The van der Waals surface area contributed by atoms with E-state index in [0.717, 1.165) is 0 Å². The summed E-state index contributed by atoms with van der Waals surface area (Å²) in [5.41, 5.74) is 7.15. The van der Waals surface area contributed by atoms with Crippen LogP contribution in [0.2, 0.25) is 0 Å². The number of benzene rings is 1. The predicted octanol–water partition coefficient (Wildman–Crippen LogP) is 1.67. The average molecular weight is 271 g/mol. The molecule has 0 radical (unpaired) electrons. The van der Waals surface area contributed by atoms with Crippen molar-refractivity contribution in [1.29, 1.82) is 0 Å². The molecule has 0 aliphatic heterocycles. The van der Waals surface area contributed by atoms with Gasteiger partial charge < -0.3 is 15.3 Å². The van der Waals surface area contributed by atoms with Gasteiger partial charge in [0.1, 0.15) is 11.6 Å². The quantitative estimate of drug-likeness (QED) is 0.867. The molecule has 1 atom stereocenters. The minimum Gasteiger partial charge on any atom is -0.480 e. The summed E-state index contributed by atoms with van der Waals surface area (Å²) >= 11 is 3.25. The van der Waals surface area contributed by atoms with Gasteiger partial charge in [0.25, 0.3) is 0 Å². The number of aliphatic carboxylic acids is 1. The highest BCUT2D eigenvalue weighted by molar-refractivity contribution is 9.10. The second kappa shape index (κ2) is 3.63. The second-order valence-corrected chi connectivity index (χ2v) is 3.86. The zero-order valence-electron chi connectivity index (χ0n) is 7.48. The molecule has 6 heteroatoms. The summed E-state index contributed by atoms with van der Waals surface area (Å²) in [5, 5.41) is 8.79. The van der Waals surface area contributed by atoms with Crippen LogP contribution in [0.1, 0.15) is 11.6 Å². The first-order chi connectivity index (χ1) is 7.09. The van der Waals surface area contributed by atoms with Crippen molar-refractivity contribution < 1.29 is 14.3 Å². The number of rotatable bonds is 2. The molecule has 0 aliphatic rings. The fraction of sp³-hybridized carbons (Fsp3) is 0.111. The first-order valence-corrected chi connectivity index (χ1v) is 4.90. The van der Waals surface area contributed by atoms with Crippen LogP contribution in [-0.4, -0.2) is 16.1 Å². The molecule has 0 saturated carbocycles. The first-order valence-electron chi connectivity index (χ1n) is 4.10. The third-order valence-electron chi connectivity index (χ3n) is 2.05. The van der Waals surface area contributed by atoms with Crippen molar-refractivity contribution in [3.8, 4) is 0 Å². The van der Waals surface area contributed by atoms with Crippen LogP contribution in [0.4, 0.5) is 0 Å². The van der Waals surface area contributed by atoms with Gasteiger partial charge in [-0.15, -0.1) is 0 Å². The maximum absolute atomic E-state index is 10.7. The van der Waals surface area contributed by atoms with E-state index in [-0.39, 0.29) is 0 Å². The lowest BCUT2D eigenvalue weighted by Gasteiger charge is -2.08. The Bertz CT molecular complexity index is 523. The molecule has 3 N–H and O–H groups in total. The van der Waals surface area contributed by atoms with E-state index in [2.05, 4.69) is 20.9 Å². The van der Waals surface area contributed by atoms with Crippen molar-refractivity contribution in [1.82, 2.24) is 4.98 Å². The molecule has 1 aromatic carbocycles. The molecule has 15 heavy (non-hydrogen) atoms. The molecule has 0 fully saturated rings. The van der Waals surface area contributed by atoms with Crippen molar-refractivity contribution >= 4 is 33.0 Å². The Balaban J connectivity index is 2.59. The Morgan fingerprint density at radius 3 is 3.00 bits per heavy atom. The smallest absolute Gasteiger partial charge is 0.325 e. The zero-order chi connectivity index (χ0) is 11.0. The monoisotopic (exact) mass is 270 g/mol. The molecule has 5 nitrogen and oxygen atoms in total. The molecular formula is C9H7BrN2O3. The van der Waals surface area contributed by atoms with Crippen LogP contribution in [-0.2, 0) is 4.79 Å². The van der Waals surface area contributed by atoms with Gasteiger partial charge in [-0.05, 0) is 17.7 Å². The number of hydrogen-bond donors (Lipinski definition) is 2. The molecule has 0 amide bonds. The Kier molecular flexibility index (Phi) is 2.45. The topological polar surface area (TPSA) is 89.4 Å². The summed E-state index contributed by atoms with van der Waals surface area (Å²) in [7, 11) is 0. The van der Waals surface area contributed by atoms with E-state index in [9.17, 15) is 4.79 Å². The first kappa shape index (κ1) is 10.1. The van der Waals surface area contributed by atoms with E-state index in [0.29, 0.717) is 21.1 Å². The summed E-state index contributed by atoms with van der Waals surface area (Å²) in [5.74, 6) is -1.09. The number of carboxylic acids is 1. The van der Waals surface area contributed by atoms with E-state index in [4.69, 9.17) is 15.3 Å². The largest absolute Gasteiger partial charge is 0.480 e. The van der Waals surface area contributed by atoms with Crippen molar-refractivity contribution in [3.63, 3.8) is 0 Å². The van der Waals surface area contributed by atoms with Gasteiger partial charge in [-0.25, -0.2) is 4.98 Å². The minimum absolute atomic E-state index is 0.465. The Morgan fingerprint density at radius 1 is 1.60 bits per heavy atom. The van der Waals surface area contributed by atoms with E-state index in [1.807, 2.05) is 0 Å². The standard InChI is InChI=1S/C9H7BrN2O3/c10-5-2-6-7(15-3-12-6)1-4(5)8(11)9(13)14/h1-3,8H,11H2,(H,13,14). The van der Waals surface area contributed by atoms with Gasteiger partial charge in [0, 0.05) is 4.47 Å². The van der Waals surface area contributed by atoms with Crippen LogP contribution in [0, 0.1) is 0 Å². The third kappa shape index (κ3) is 1.73. The van der Waals surface area contributed by atoms with Crippen LogP contribution in [0.5, 0.6) is 0 Å². The highest BCUT2D eigenvalue weighted by Gasteiger charge is 2.18. The molecule has 1 unspecified atom stereocenters. The number of oxazole rings is 1. The molecule has 2 aromatic rings. The predicted molar refractivity (Wildman–Crippen MR) is 56.3 cm³/mol. The van der Waals surface area contributed by atoms with Crippen LogP contribution < -0.4 is 5.73 Å². The Morgan fingerprint density at radius 2 is 2.33 bits per heavy atom. The number of carboxylic acid groups (broad SMARTS) is 1. The molecule has 1 heterocycles. The van der Waals surface area contributed by atoms with Gasteiger partial charge in [-0.3, -0.25) is 4.79 Å². The van der Waals surface area contributed by atoms with E-state index in [1.165, 1.54) is 6.39 Å². The van der Waals surface area contributed by atoms with Crippen molar-refractivity contribution in [2.45, 2.75) is 6.04 Å². The number of nitrogens with zero attached hydrogens (tertiary/aromatic N) is 1. The maximum Gasteiger partial charge on any atom is 0.325 e. The lowest BCUT2D eigenvalue weighted by Crippen LogP contribution is -2.20. The SMILES string of the molecule is NC(C(=O)O)c1cc2ocnc2cc1Br. The van der Waals surface area contributed by atoms with Crippen molar-refractivity contribution in [2.75, 3.05) is 0 Å². The fourth-order valence-electron chi connectivity index (χ4n) is 1.27. The number of halogens is 1. The molecule has 1 aromatic heterocycles. The average Bonchev–Trinajstić information content (AvgIpc) is 2.62. The van der Waals surface area contributed by atoms with Gasteiger partial charge in [-0.2, -0.15) is 0 Å². The van der Waals surface area contributed by atoms with Crippen LogP contribution in [0.3, 0.4) is 0 Å². The van der Waals surface area contributed by atoms with Crippen molar-refractivity contribution in [3.05, 3.63) is 28.6 Å². The number of nitrogens with two attached hydrogens (primary N) is 1. The fourth-order valence-corrected chi connectivity index (χ4v) is 1.84. The van der Waals surface area contributed by atoms with E-state index >= 15 is 0 Å². The van der Waals surface area contributed by atoms with E-state index < -0.39 is 12.0 Å². The van der Waals surface area contributed by atoms with Gasteiger partial charge in [0.2, 0.25) is 0 Å². The Hall–Kier alpha value is -1.40. The van der Waals surface area contributed by atoms with E-state index in [1.54, 1.807) is 12.1 Å². The molecule has 0 spiro atoms. The maximum atomic E-state index is 10.7. The van der Waals surface area contributed by atoms with Gasteiger partial charge >= 0.3 is 5.97 Å². The number of aromatic nitrogens is 1. The number of hydrogen-bond acceptors (Lipinski definition) is 4. The highest BCUT2D eigenvalue weighted by atomic mass is 79.9. The van der Waals surface area contributed by atoms with Crippen LogP contribution >= 0.6 is 15.9 Å². The van der Waals surface area contributed by atoms with Crippen LogP contribution in [0.25, 0.3) is 11.1 Å². The minimum atomic E-state index is -1.09. The molecule has 78 valence electrons. The molecule has 0 saturated heterocycles. The third-order valence-corrected chi connectivity index (χ3v) is 2.74. The number of carbonyl (C=O) groups is 1. The second-order valence-electron chi connectivity index (χ2n) is 3.01. The number of fused-ring (bicyclic) bond motifs is 1. The summed E-state index contributed by atoms with van der Waals surface area (Å²) in [6.07, 6.45) is 1.30.